The number of amides is 1. The molecule has 5 nitrogen and oxygen atoms in total. The van der Waals surface area contributed by atoms with Gasteiger partial charge < -0.3 is 9.73 Å². The largest absolute Gasteiger partial charge is 0.416 e. The van der Waals surface area contributed by atoms with Crippen molar-refractivity contribution >= 4 is 35.0 Å². The minimum absolute atomic E-state index is 0.0714. The molecule has 1 N–H and O–H groups in total. The average Bonchev–Trinajstić information content (AvgIpc) is 3.05. The van der Waals surface area contributed by atoms with E-state index < -0.39 is 11.1 Å². The van der Waals surface area contributed by atoms with E-state index in [4.69, 9.17) is 16.0 Å². The van der Waals surface area contributed by atoms with E-state index >= 15 is 0 Å². The highest BCUT2D eigenvalue weighted by Gasteiger charge is 2.19. The van der Waals surface area contributed by atoms with E-state index in [1.165, 1.54) is 12.1 Å². The highest BCUT2D eigenvalue weighted by Crippen LogP contribution is 2.25. The summed E-state index contributed by atoms with van der Waals surface area (Å²) in [4.78, 5) is 12.2. The first-order valence-corrected chi connectivity index (χ1v) is 9.06. The normalized spacial score (nSPS) is 12.0. The molecule has 0 saturated heterocycles. The van der Waals surface area contributed by atoms with Crippen LogP contribution in [0.1, 0.15) is 18.4 Å². The zero-order valence-electron chi connectivity index (χ0n) is 13.8. The number of carbonyl (C=O) groups is 1. The van der Waals surface area contributed by atoms with Crippen LogP contribution in [0, 0.1) is 5.82 Å². The first-order chi connectivity index (χ1) is 12.5. The number of rotatable bonds is 6. The first kappa shape index (κ1) is 18.4. The molecule has 26 heavy (non-hydrogen) atoms. The third-order valence-corrected chi connectivity index (χ3v) is 4.65. The van der Waals surface area contributed by atoms with Crippen LogP contribution < -0.4 is 5.32 Å². The quantitative estimate of drug-likeness (QED) is 0.623. The number of carbonyl (C=O) groups excluding carboxylic acids is 1. The van der Waals surface area contributed by atoms with Crippen molar-refractivity contribution in [1.29, 1.82) is 0 Å². The van der Waals surface area contributed by atoms with Crippen molar-refractivity contribution in [3.05, 3.63) is 70.8 Å². The van der Waals surface area contributed by atoms with E-state index in [1.807, 2.05) is 30.3 Å². The van der Waals surface area contributed by atoms with Gasteiger partial charge in [-0.1, -0.05) is 53.7 Å². The van der Waals surface area contributed by atoms with Gasteiger partial charge in [-0.2, -0.15) is 0 Å². The summed E-state index contributed by atoms with van der Waals surface area (Å²) in [7, 11) is 0. The van der Waals surface area contributed by atoms with Crippen LogP contribution in [0.5, 0.6) is 0 Å². The number of nitrogens with zero attached hydrogens (tertiary/aromatic N) is 2. The van der Waals surface area contributed by atoms with Gasteiger partial charge in [0.25, 0.3) is 5.22 Å². The molecule has 0 aliphatic heterocycles. The average molecular weight is 392 g/mol. The lowest BCUT2D eigenvalue weighted by atomic mass is 10.2. The molecule has 0 fully saturated rings. The van der Waals surface area contributed by atoms with E-state index in [9.17, 15) is 9.18 Å². The Bertz CT molecular complexity index is 904. The van der Waals surface area contributed by atoms with E-state index in [0.29, 0.717) is 12.3 Å². The zero-order valence-corrected chi connectivity index (χ0v) is 15.4. The summed E-state index contributed by atoms with van der Waals surface area (Å²) in [6.45, 7) is 1.68. The van der Waals surface area contributed by atoms with Crippen LogP contribution in [0.15, 0.2) is 58.2 Å². The molecule has 1 aromatic heterocycles. The van der Waals surface area contributed by atoms with Crippen molar-refractivity contribution in [2.75, 3.05) is 5.32 Å². The second kappa shape index (κ2) is 8.33. The maximum absolute atomic E-state index is 13.8. The van der Waals surface area contributed by atoms with Crippen LogP contribution in [0.25, 0.3) is 0 Å². The van der Waals surface area contributed by atoms with Crippen molar-refractivity contribution in [1.82, 2.24) is 10.2 Å². The van der Waals surface area contributed by atoms with Crippen LogP contribution >= 0.6 is 23.4 Å². The smallest absolute Gasteiger partial charge is 0.277 e. The van der Waals surface area contributed by atoms with E-state index in [1.54, 1.807) is 6.92 Å². The standard InChI is InChI=1S/C18H15ClFN3O2S/c1-11(17(24)21-15-8-7-13(19)10-14(15)20)26-18-23-22-16(25-18)9-12-5-3-2-4-6-12/h2-8,10-11H,9H2,1H3,(H,21,24)/t11-/m1/s1. The van der Waals surface area contributed by atoms with Gasteiger partial charge in [-0.25, -0.2) is 4.39 Å². The van der Waals surface area contributed by atoms with Crippen molar-refractivity contribution in [2.24, 2.45) is 0 Å². The summed E-state index contributed by atoms with van der Waals surface area (Å²) in [6, 6.07) is 13.8. The minimum atomic E-state index is -0.592. The van der Waals surface area contributed by atoms with Crippen LogP contribution in [-0.2, 0) is 11.2 Å². The Morgan fingerprint density at radius 2 is 2.04 bits per heavy atom. The molecule has 0 spiro atoms. The lowest BCUT2D eigenvalue weighted by Crippen LogP contribution is -2.23. The maximum atomic E-state index is 13.8. The summed E-state index contributed by atoms with van der Waals surface area (Å²) in [5, 5.41) is 10.5. The van der Waals surface area contributed by atoms with Crippen molar-refractivity contribution in [3.8, 4) is 0 Å². The number of halogens is 2. The SMILES string of the molecule is C[C@@H](Sc1nnc(Cc2ccccc2)o1)C(=O)Nc1ccc(Cl)cc1F. The van der Waals surface area contributed by atoms with Crippen LogP contribution in [0.4, 0.5) is 10.1 Å². The van der Waals surface area contributed by atoms with Crippen LogP contribution in [0.3, 0.4) is 0 Å². The van der Waals surface area contributed by atoms with E-state index in [-0.39, 0.29) is 21.8 Å². The Labute approximate surface area is 159 Å². The number of thioether (sulfide) groups is 1. The molecule has 3 rings (SSSR count). The summed E-state index contributed by atoms with van der Waals surface area (Å²) in [6.07, 6.45) is 0.519. The van der Waals surface area contributed by atoms with Gasteiger partial charge in [-0.15, -0.1) is 10.2 Å². The predicted molar refractivity (Wildman–Crippen MR) is 98.9 cm³/mol. The predicted octanol–water partition coefficient (Wildman–Crippen LogP) is 4.57. The van der Waals surface area contributed by atoms with Gasteiger partial charge in [0.2, 0.25) is 11.8 Å². The molecule has 0 aliphatic rings. The molecule has 134 valence electrons. The molecule has 0 radical (unpaired) electrons. The van der Waals surface area contributed by atoms with Gasteiger partial charge in [0.1, 0.15) is 5.82 Å². The number of aromatic nitrogens is 2. The number of nitrogens with one attached hydrogen (secondary N) is 1. The number of anilines is 1. The fourth-order valence-corrected chi connectivity index (χ4v) is 3.02. The summed E-state index contributed by atoms with van der Waals surface area (Å²) >= 11 is 6.81. The van der Waals surface area contributed by atoms with Crippen molar-refractivity contribution in [2.45, 2.75) is 23.8 Å². The van der Waals surface area contributed by atoms with Crippen molar-refractivity contribution < 1.29 is 13.6 Å². The van der Waals surface area contributed by atoms with Crippen LogP contribution in [0.2, 0.25) is 5.02 Å². The van der Waals surface area contributed by atoms with E-state index in [0.717, 1.165) is 23.4 Å². The minimum Gasteiger partial charge on any atom is -0.416 e. The van der Waals surface area contributed by atoms with Crippen LogP contribution in [-0.4, -0.2) is 21.4 Å². The summed E-state index contributed by atoms with van der Waals surface area (Å²) in [5.41, 5.74) is 1.12. The number of benzene rings is 2. The molecular formula is C18H15ClFN3O2S. The van der Waals surface area contributed by atoms with Gasteiger partial charge in [-0.05, 0) is 30.7 Å². The molecule has 2 aromatic carbocycles. The Morgan fingerprint density at radius 3 is 2.77 bits per heavy atom. The number of hydrogen-bond donors (Lipinski definition) is 1. The lowest BCUT2D eigenvalue weighted by molar-refractivity contribution is -0.115. The molecule has 1 heterocycles. The fraction of sp³-hybridized carbons (Fsp3) is 0.167. The monoisotopic (exact) mass is 391 g/mol. The summed E-state index contributed by atoms with van der Waals surface area (Å²) in [5.74, 6) is -0.500. The van der Waals surface area contributed by atoms with Crippen molar-refractivity contribution in [3.63, 3.8) is 0 Å². The Kier molecular flexibility index (Phi) is 5.90. The Hall–Kier alpha value is -2.38. The van der Waals surface area contributed by atoms with Gasteiger partial charge in [-0.3, -0.25) is 4.79 Å². The van der Waals surface area contributed by atoms with Gasteiger partial charge in [0.05, 0.1) is 17.4 Å². The molecular weight excluding hydrogens is 377 g/mol. The topological polar surface area (TPSA) is 68.0 Å². The van der Waals surface area contributed by atoms with Gasteiger partial charge in [0.15, 0.2) is 0 Å². The highest BCUT2D eigenvalue weighted by molar-refractivity contribution is 8.00. The Balaban J connectivity index is 1.59. The molecule has 1 amide bonds. The zero-order chi connectivity index (χ0) is 18.5. The molecule has 1 atom stereocenters. The molecule has 3 aromatic rings. The molecule has 8 heteroatoms. The molecule has 0 unspecified atom stereocenters. The third kappa shape index (κ3) is 4.83. The second-order valence-corrected chi connectivity index (χ2v) is 7.23. The maximum Gasteiger partial charge on any atom is 0.277 e. The lowest BCUT2D eigenvalue weighted by Gasteiger charge is -2.10. The molecule has 0 saturated carbocycles. The number of hydrogen-bond acceptors (Lipinski definition) is 5. The van der Waals surface area contributed by atoms with Gasteiger partial charge >= 0.3 is 0 Å². The van der Waals surface area contributed by atoms with Gasteiger partial charge in [0, 0.05) is 5.02 Å². The molecule has 0 aliphatic carbocycles. The second-order valence-electron chi connectivity index (χ2n) is 5.50. The fourth-order valence-electron chi connectivity index (χ4n) is 2.16. The highest BCUT2D eigenvalue weighted by atomic mass is 35.5. The Morgan fingerprint density at radius 1 is 1.27 bits per heavy atom. The summed E-state index contributed by atoms with van der Waals surface area (Å²) < 4.78 is 19.3. The first-order valence-electron chi connectivity index (χ1n) is 7.80. The third-order valence-electron chi connectivity index (χ3n) is 3.48. The molecule has 0 bridgehead atoms. The van der Waals surface area contributed by atoms with E-state index in [2.05, 4.69) is 15.5 Å².